The Balaban J connectivity index is 3.30. The minimum absolute atomic E-state index is 0.202. The van der Waals surface area contributed by atoms with E-state index < -0.39 is 0 Å². The summed E-state index contributed by atoms with van der Waals surface area (Å²) in [5.41, 5.74) is 5.15. The van der Waals surface area contributed by atoms with Crippen molar-refractivity contribution < 1.29 is 9.53 Å². The zero-order chi connectivity index (χ0) is 7.82. The van der Waals surface area contributed by atoms with Crippen molar-refractivity contribution in [1.82, 2.24) is 0 Å². The SMILES string of the molecule is CCOC(=O)C/C=C/CN. The molecule has 0 aliphatic heterocycles. The maximum atomic E-state index is 10.6. The highest BCUT2D eigenvalue weighted by atomic mass is 16.5. The van der Waals surface area contributed by atoms with E-state index in [-0.39, 0.29) is 5.97 Å². The first kappa shape index (κ1) is 9.17. The first-order chi connectivity index (χ1) is 4.81. The zero-order valence-electron chi connectivity index (χ0n) is 6.17. The van der Waals surface area contributed by atoms with Crippen molar-refractivity contribution in [2.75, 3.05) is 13.2 Å². The van der Waals surface area contributed by atoms with Crippen LogP contribution in [-0.2, 0) is 9.53 Å². The molecule has 58 valence electrons. The van der Waals surface area contributed by atoms with Gasteiger partial charge in [0.1, 0.15) is 0 Å². The number of ether oxygens (including phenoxy) is 1. The fourth-order valence-electron chi connectivity index (χ4n) is 0.496. The molecule has 0 heterocycles. The number of nitrogens with two attached hydrogens (primary N) is 1. The molecule has 0 spiro atoms. The van der Waals surface area contributed by atoms with Crippen LogP contribution in [0.1, 0.15) is 13.3 Å². The average molecular weight is 143 g/mol. The van der Waals surface area contributed by atoms with Gasteiger partial charge in [-0.3, -0.25) is 4.79 Å². The Morgan fingerprint density at radius 2 is 2.30 bits per heavy atom. The van der Waals surface area contributed by atoms with E-state index in [1.165, 1.54) is 0 Å². The topological polar surface area (TPSA) is 52.3 Å². The standard InChI is InChI=1S/C7H13NO2/c1-2-10-7(9)5-3-4-6-8/h3-4H,2,5-6,8H2,1H3/b4-3+. The Hall–Kier alpha value is -0.830. The minimum atomic E-state index is -0.202. The van der Waals surface area contributed by atoms with Gasteiger partial charge in [0.25, 0.3) is 0 Å². The number of carbonyl (C=O) groups excluding carboxylic acids is 1. The van der Waals surface area contributed by atoms with E-state index in [0.717, 1.165) is 0 Å². The van der Waals surface area contributed by atoms with Crippen LogP contribution < -0.4 is 5.73 Å². The second-order valence-corrected chi connectivity index (χ2v) is 1.72. The number of hydrogen-bond acceptors (Lipinski definition) is 3. The summed E-state index contributed by atoms with van der Waals surface area (Å²) in [6.07, 6.45) is 3.76. The summed E-state index contributed by atoms with van der Waals surface area (Å²) in [6.45, 7) is 2.69. The van der Waals surface area contributed by atoms with Crippen molar-refractivity contribution in [3.8, 4) is 0 Å². The van der Waals surface area contributed by atoms with Gasteiger partial charge in [-0.05, 0) is 6.92 Å². The third-order valence-electron chi connectivity index (χ3n) is 0.893. The molecule has 0 amide bonds. The lowest BCUT2D eigenvalue weighted by Gasteiger charge is -1.95. The Morgan fingerprint density at radius 3 is 2.80 bits per heavy atom. The molecule has 10 heavy (non-hydrogen) atoms. The van der Waals surface area contributed by atoms with Gasteiger partial charge in [0.15, 0.2) is 0 Å². The molecule has 0 saturated heterocycles. The van der Waals surface area contributed by atoms with Gasteiger partial charge in [-0.15, -0.1) is 0 Å². The number of carbonyl (C=O) groups is 1. The quantitative estimate of drug-likeness (QED) is 0.459. The molecule has 0 rings (SSSR count). The predicted molar refractivity (Wildman–Crippen MR) is 39.4 cm³/mol. The Bertz CT molecular complexity index is 121. The first-order valence-corrected chi connectivity index (χ1v) is 3.32. The fraction of sp³-hybridized carbons (Fsp3) is 0.571. The van der Waals surface area contributed by atoms with Crippen LogP contribution in [0.3, 0.4) is 0 Å². The van der Waals surface area contributed by atoms with Gasteiger partial charge in [0.05, 0.1) is 13.0 Å². The van der Waals surface area contributed by atoms with E-state index in [4.69, 9.17) is 5.73 Å². The normalized spacial score (nSPS) is 10.2. The van der Waals surface area contributed by atoms with Crippen LogP contribution in [0.2, 0.25) is 0 Å². The number of esters is 1. The summed E-state index contributed by atoms with van der Waals surface area (Å²) >= 11 is 0. The van der Waals surface area contributed by atoms with Crippen molar-refractivity contribution >= 4 is 5.97 Å². The third kappa shape index (κ3) is 5.31. The third-order valence-corrected chi connectivity index (χ3v) is 0.893. The Morgan fingerprint density at radius 1 is 1.60 bits per heavy atom. The Kier molecular flexibility index (Phi) is 5.77. The van der Waals surface area contributed by atoms with Gasteiger partial charge in [0, 0.05) is 6.54 Å². The summed E-state index contributed by atoms with van der Waals surface area (Å²) in [5, 5.41) is 0. The van der Waals surface area contributed by atoms with Crippen LogP contribution in [0, 0.1) is 0 Å². The molecule has 0 saturated carbocycles. The van der Waals surface area contributed by atoms with Crippen LogP contribution >= 0.6 is 0 Å². The van der Waals surface area contributed by atoms with Crippen molar-refractivity contribution in [1.29, 1.82) is 0 Å². The Labute approximate surface area is 60.9 Å². The van der Waals surface area contributed by atoms with Gasteiger partial charge in [-0.2, -0.15) is 0 Å². The molecule has 0 atom stereocenters. The largest absolute Gasteiger partial charge is 0.466 e. The summed E-state index contributed by atoms with van der Waals surface area (Å²) in [7, 11) is 0. The summed E-state index contributed by atoms with van der Waals surface area (Å²) in [4.78, 5) is 10.6. The molecule has 0 aliphatic rings. The monoisotopic (exact) mass is 143 g/mol. The van der Waals surface area contributed by atoms with E-state index in [9.17, 15) is 4.79 Å². The number of hydrogen-bond donors (Lipinski definition) is 1. The molecule has 0 unspecified atom stereocenters. The predicted octanol–water partition coefficient (Wildman–Crippen LogP) is 0.455. The summed E-state index contributed by atoms with van der Waals surface area (Å²) in [5.74, 6) is -0.202. The number of rotatable bonds is 4. The highest BCUT2D eigenvalue weighted by Gasteiger charge is 1.94. The van der Waals surface area contributed by atoms with E-state index in [2.05, 4.69) is 4.74 Å². The van der Waals surface area contributed by atoms with E-state index in [1.54, 1.807) is 19.1 Å². The summed E-state index contributed by atoms with van der Waals surface area (Å²) < 4.78 is 4.66. The second-order valence-electron chi connectivity index (χ2n) is 1.72. The van der Waals surface area contributed by atoms with Crippen LogP contribution in [0.25, 0.3) is 0 Å². The van der Waals surface area contributed by atoms with Gasteiger partial charge in [0.2, 0.25) is 0 Å². The lowest BCUT2D eigenvalue weighted by atomic mass is 10.4. The van der Waals surface area contributed by atoms with Crippen LogP contribution in [-0.4, -0.2) is 19.1 Å². The van der Waals surface area contributed by atoms with Gasteiger partial charge < -0.3 is 10.5 Å². The van der Waals surface area contributed by atoms with Gasteiger partial charge >= 0.3 is 5.97 Å². The molecule has 0 fully saturated rings. The first-order valence-electron chi connectivity index (χ1n) is 3.32. The highest BCUT2D eigenvalue weighted by Crippen LogP contribution is 1.86. The van der Waals surface area contributed by atoms with Crippen LogP contribution in [0.15, 0.2) is 12.2 Å². The smallest absolute Gasteiger partial charge is 0.309 e. The second kappa shape index (κ2) is 6.29. The fourth-order valence-corrected chi connectivity index (χ4v) is 0.496. The van der Waals surface area contributed by atoms with E-state index in [1.807, 2.05) is 0 Å². The van der Waals surface area contributed by atoms with Crippen LogP contribution in [0.4, 0.5) is 0 Å². The molecule has 3 nitrogen and oxygen atoms in total. The molecule has 0 aromatic heterocycles. The van der Waals surface area contributed by atoms with Gasteiger partial charge in [-0.1, -0.05) is 12.2 Å². The van der Waals surface area contributed by atoms with Crippen LogP contribution in [0.5, 0.6) is 0 Å². The molecule has 0 aliphatic carbocycles. The van der Waals surface area contributed by atoms with Crippen molar-refractivity contribution in [2.45, 2.75) is 13.3 Å². The average Bonchev–Trinajstić information content (AvgIpc) is 1.89. The lowest BCUT2D eigenvalue weighted by molar-refractivity contribution is -0.142. The van der Waals surface area contributed by atoms with E-state index in [0.29, 0.717) is 19.6 Å². The maximum Gasteiger partial charge on any atom is 0.309 e. The zero-order valence-corrected chi connectivity index (χ0v) is 6.17. The van der Waals surface area contributed by atoms with Crippen molar-refractivity contribution in [2.24, 2.45) is 5.73 Å². The molecular formula is C7H13NO2. The van der Waals surface area contributed by atoms with Gasteiger partial charge in [-0.25, -0.2) is 0 Å². The maximum absolute atomic E-state index is 10.6. The van der Waals surface area contributed by atoms with Crippen molar-refractivity contribution in [3.05, 3.63) is 12.2 Å². The minimum Gasteiger partial charge on any atom is -0.466 e. The van der Waals surface area contributed by atoms with Crippen molar-refractivity contribution in [3.63, 3.8) is 0 Å². The molecule has 3 heteroatoms. The molecule has 0 bridgehead atoms. The lowest BCUT2D eigenvalue weighted by Crippen LogP contribution is -2.02. The summed E-state index contributed by atoms with van der Waals surface area (Å²) in [6, 6.07) is 0. The molecule has 0 aromatic rings. The molecule has 0 aromatic carbocycles. The molecule has 0 radical (unpaired) electrons. The molecule has 2 N–H and O–H groups in total. The van der Waals surface area contributed by atoms with E-state index >= 15 is 0 Å². The highest BCUT2D eigenvalue weighted by molar-refractivity contribution is 5.71. The molecular weight excluding hydrogens is 130 g/mol.